The third-order valence-corrected chi connectivity index (χ3v) is 3.80. The molecule has 1 atom stereocenters. The zero-order valence-electron chi connectivity index (χ0n) is 9.87. The monoisotopic (exact) mass is 224 g/mol. The number of rotatable bonds is 2. The van der Waals surface area contributed by atoms with Crippen LogP contribution in [0, 0.1) is 5.92 Å². The third-order valence-electron chi connectivity index (χ3n) is 3.80. The molecule has 2 amide bonds. The van der Waals surface area contributed by atoms with Crippen molar-refractivity contribution >= 4 is 11.8 Å². The normalized spacial score (nSPS) is 26.9. The lowest BCUT2D eigenvalue weighted by atomic mass is 9.94. The van der Waals surface area contributed by atoms with Crippen molar-refractivity contribution in [3.8, 4) is 0 Å². The molecule has 0 aromatic rings. The van der Waals surface area contributed by atoms with Crippen LogP contribution in [0.15, 0.2) is 0 Å². The number of carbonyl (C=O) groups is 2. The second kappa shape index (κ2) is 4.85. The lowest BCUT2D eigenvalue weighted by Crippen LogP contribution is -2.47. The molecule has 2 saturated heterocycles. The van der Waals surface area contributed by atoms with Gasteiger partial charge < -0.3 is 10.2 Å². The summed E-state index contributed by atoms with van der Waals surface area (Å²) >= 11 is 0. The van der Waals surface area contributed by atoms with E-state index in [0.29, 0.717) is 12.8 Å². The van der Waals surface area contributed by atoms with Gasteiger partial charge in [0.1, 0.15) is 6.04 Å². The van der Waals surface area contributed by atoms with E-state index in [1.807, 2.05) is 4.90 Å². The Balaban J connectivity index is 1.84. The van der Waals surface area contributed by atoms with Crippen molar-refractivity contribution in [2.24, 2.45) is 5.92 Å². The van der Waals surface area contributed by atoms with E-state index in [9.17, 15) is 9.59 Å². The Kier molecular flexibility index (Phi) is 3.46. The van der Waals surface area contributed by atoms with Crippen molar-refractivity contribution in [1.82, 2.24) is 10.2 Å². The number of likely N-dealkylation sites (tertiary alicyclic amines) is 1. The Morgan fingerprint density at radius 2 is 2.06 bits per heavy atom. The maximum Gasteiger partial charge on any atom is 0.245 e. The predicted molar refractivity (Wildman–Crippen MR) is 60.8 cm³/mol. The van der Waals surface area contributed by atoms with Crippen LogP contribution < -0.4 is 5.32 Å². The highest BCUT2D eigenvalue weighted by molar-refractivity contribution is 5.90. The molecule has 2 aliphatic rings. The Morgan fingerprint density at radius 3 is 2.56 bits per heavy atom. The van der Waals surface area contributed by atoms with Crippen LogP contribution >= 0.6 is 0 Å². The summed E-state index contributed by atoms with van der Waals surface area (Å²) in [6.45, 7) is 3.94. The van der Waals surface area contributed by atoms with E-state index < -0.39 is 0 Å². The van der Waals surface area contributed by atoms with Gasteiger partial charge in [-0.05, 0) is 25.2 Å². The molecule has 16 heavy (non-hydrogen) atoms. The Morgan fingerprint density at radius 1 is 1.38 bits per heavy atom. The summed E-state index contributed by atoms with van der Waals surface area (Å²) in [5, 5.41) is 2.75. The molecule has 4 nitrogen and oxygen atoms in total. The second-order valence-electron chi connectivity index (χ2n) is 4.84. The van der Waals surface area contributed by atoms with Crippen LogP contribution in [0.3, 0.4) is 0 Å². The number of hydrogen-bond donors (Lipinski definition) is 1. The van der Waals surface area contributed by atoms with Crippen molar-refractivity contribution in [2.75, 3.05) is 13.1 Å². The highest BCUT2D eigenvalue weighted by Crippen LogP contribution is 2.21. The largest absolute Gasteiger partial charge is 0.344 e. The molecule has 0 saturated carbocycles. The summed E-state index contributed by atoms with van der Waals surface area (Å²) in [6.07, 6.45) is 4.61. The first-order chi connectivity index (χ1) is 7.70. The van der Waals surface area contributed by atoms with E-state index in [1.165, 1.54) is 6.42 Å². The maximum atomic E-state index is 12.1. The first-order valence-electron chi connectivity index (χ1n) is 6.29. The van der Waals surface area contributed by atoms with E-state index in [-0.39, 0.29) is 17.9 Å². The van der Waals surface area contributed by atoms with Crippen LogP contribution in [0.2, 0.25) is 0 Å². The smallest absolute Gasteiger partial charge is 0.245 e. The quantitative estimate of drug-likeness (QED) is 0.758. The van der Waals surface area contributed by atoms with Gasteiger partial charge in [0.15, 0.2) is 0 Å². The van der Waals surface area contributed by atoms with Crippen LogP contribution in [0.25, 0.3) is 0 Å². The van der Waals surface area contributed by atoms with Crippen molar-refractivity contribution in [2.45, 2.75) is 45.1 Å². The molecule has 0 aliphatic carbocycles. The fourth-order valence-corrected chi connectivity index (χ4v) is 2.58. The molecular formula is C12H20N2O2. The average Bonchev–Trinajstić information content (AvgIpc) is 2.75. The topological polar surface area (TPSA) is 49.4 Å². The van der Waals surface area contributed by atoms with Crippen LogP contribution in [0.1, 0.15) is 39.0 Å². The fourth-order valence-electron chi connectivity index (χ4n) is 2.58. The van der Waals surface area contributed by atoms with E-state index in [2.05, 4.69) is 12.2 Å². The van der Waals surface area contributed by atoms with Gasteiger partial charge in [-0.15, -0.1) is 0 Å². The maximum absolute atomic E-state index is 12.1. The van der Waals surface area contributed by atoms with Crippen LogP contribution in [0.4, 0.5) is 0 Å². The molecule has 0 radical (unpaired) electrons. The highest BCUT2D eigenvalue weighted by atomic mass is 16.2. The molecule has 2 fully saturated rings. The molecule has 0 bridgehead atoms. The van der Waals surface area contributed by atoms with Crippen molar-refractivity contribution in [3.05, 3.63) is 0 Å². The molecule has 0 aromatic carbocycles. The molecule has 1 unspecified atom stereocenters. The minimum absolute atomic E-state index is 0.0156. The Labute approximate surface area is 96.4 Å². The fraction of sp³-hybridized carbons (Fsp3) is 0.833. The zero-order chi connectivity index (χ0) is 11.5. The number of hydrogen-bond acceptors (Lipinski definition) is 2. The molecule has 0 spiro atoms. The van der Waals surface area contributed by atoms with Gasteiger partial charge >= 0.3 is 0 Å². The van der Waals surface area contributed by atoms with Crippen molar-refractivity contribution in [3.63, 3.8) is 0 Å². The molecule has 2 heterocycles. The van der Waals surface area contributed by atoms with Gasteiger partial charge in [-0.2, -0.15) is 0 Å². The van der Waals surface area contributed by atoms with Gasteiger partial charge in [0.2, 0.25) is 11.8 Å². The number of carbonyl (C=O) groups excluding carboxylic acids is 2. The number of nitrogens with zero attached hydrogens (tertiary/aromatic N) is 1. The summed E-state index contributed by atoms with van der Waals surface area (Å²) in [4.78, 5) is 25.0. The first kappa shape index (κ1) is 11.4. The standard InChI is InChI=1S/C12H20N2O2/c1-2-9-5-7-14(8-6-9)12(16)10-3-4-11(15)13-10/h9-10H,2-8H2,1H3,(H,13,15). The second-order valence-corrected chi connectivity index (χ2v) is 4.84. The van der Waals surface area contributed by atoms with Crippen LogP contribution in [-0.2, 0) is 9.59 Å². The van der Waals surface area contributed by atoms with Gasteiger partial charge in [0, 0.05) is 19.5 Å². The molecule has 1 N–H and O–H groups in total. The minimum atomic E-state index is -0.245. The number of piperidine rings is 1. The van der Waals surface area contributed by atoms with Gasteiger partial charge in [-0.25, -0.2) is 0 Å². The van der Waals surface area contributed by atoms with Crippen molar-refractivity contribution in [1.29, 1.82) is 0 Å². The molecular weight excluding hydrogens is 204 g/mol. The summed E-state index contributed by atoms with van der Waals surface area (Å²) in [7, 11) is 0. The van der Waals surface area contributed by atoms with Crippen LogP contribution in [-0.4, -0.2) is 35.8 Å². The molecule has 0 aromatic heterocycles. The third kappa shape index (κ3) is 2.36. The molecule has 4 heteroatoms. The summed E-state index contributed by atoms with van der Waals surface area (Å²) < 4.78 is 0. The highest BCUT2D eigenvalue weighted by Gasteiger charge is 2.32. The summed E-state index contributed by atoms with van der Waals surface area (Å²) in [5.41, 5.74) is 0. The van der Waals surface area contributed by atoms with Gasteiger partial charge in [-0.3, -0.25) is 9.59 Å². The minimum Gasteiger partial charge on any atom is -0.344 e. The van der Waals surface area contributed by atoms with Crippen molar-refractivity contribution < 1.29 is 9.59 Å². The summed E-state index contributed by atoms with van der Waals surface area (Å²) in [6, 6.07) is -0.245. The summed E-state index contributed by atoms with van der Waals surface area (Å²) in [5.74, 6) is 0.921. The molecule has 2 aliphatic heterocycles. The van der Waals surface area contributed by atoms with E-state index in [1.54, 1.807) is 0 Å². The van der Waals surface area contributed by atoms with E-state index >= 15 is 0 Å². The Hall–Kier alpha value is -1.06. The SMILES string of the molecule is CCC1CCN(C(=O)C2CCC(=O)N2)CC1. The van der Waals surface area contributed by atoms with Gasteiger partial charge in [0.25, 0.3) is 0 Å². The van der Waals surface area contributed by atoms with Gasteiger partial charge in [-0.1, -0.05) is 13.3 Å². The lowest BCUT2D eigenvalue weighted by molar-refractivity contribution is -0.135. The molecule has 90 valence electrons. The van der Waals surface area contributed by atoms with Gasteiger partial charge in [0.05, 0.1) is 0 Å². The molecule has 2 rings (SSSR count). The average molecular weight is 224 g/mol. The first-order valence-corrected chi connectivity index (χ1v) is 6.29. The van der Waals surface area contributed by atoms with Crippen LogP contribution in [0.5, 0.6) is 0 Å². The Bertz CT molecular complexity index is 283. The predicted octanol–water partition coefficient (Wildman–Crippen LogP) is 0.914. The number of amides is 2. The van der Waals surface area contributed by atoms with E-state index in [0.717, 1.165) is 31.8 Å². The zero-order valence-corrected chi connectivity index (χ0v) is 9.87. The number of nitrogens with one attached hydrogen (secondary N) is 1. The van der Waals surface area contributed by atoms with E-state index in [4.69, 9.17) is 0 Å². The lowest BCUT2D eigenvalue weighted by Gasteiger charge is -2.33.